The van der Waals surface area contributed by atoms with Crippen LogP contribution >= 0.6 is 0 Å². The molecule has 11 nitrogen and oxygen atoms in total. The second-order valence-electron chi connectivity index (χ2n) is 9.64. The summed E-state index contributed by atoms with van der Waals surface area (Å²) in [5.74, 6) is 2.10. The van der Waals surface area contributed by atoms with Crippen molar-refractivity contribution in [2.24, 2.45) is 5.41 Å². The van der Waals surface area contributed by atoms with Crippen molar-refractivity contribution in [2.45, 2.75) is 13.3 Å². The van der Waals surface area contributed by atoms with Crippen LogP contribution in [0.5, 0.6) is 0 Å². The molecular formula is C28H27N9O2. The Labute approximate surface area is 224 Å². The molecular weight excluding hydrogens is 494 g/mol. The van der Waals surface area contributed by atoms with Crippen LogP contribution in [0.2, 0.25) is 0 Å². The molecule has 0 radical (unpaired) electrons. The lowest BCUT2D eigenvalue weighted by Crippen LogP contribution is -2.60. The van der Waals surface area contributed by atoms with E-state index in [-0.39, 0.29) is 18.8 Å². The summed E-state index contributed by atoms with van der Waals surface area (Å²) in [4.78, 5) is 30.9. The van der Waals surface area contributed by atoms with Gasteiger partial charge >= 0.3 is 0 Å². The number of carbonyl (C=O) groups excluding carboxylic acids is 1. The van der Waals surface area contributed by atoms with Crippen LogP contribution in [-0.4, -0.2) is 60.1 Å². The monoisotopic (exact) mass is 521 g/mol. The highest BCUT2D eigenvalue weighted by Crippen LogP contribution is 2.26. The van der Waals surface area contributed by atoms with E-state index in [1.54, 1.807) is 16.8 Å². The van der Waals surface area contributed by atoms with Gasteiger partial charge in [0, 0.05) is 43.3 Å². The third kappa shape index (κ3) is 5.05. The van der Waals surface area contributed by atoms with Crippen LogP contribution in [-0.2, 0) is 11.2 Å². The maximum Gasteiger partial charge on any atom is 0.229 e. The molecule has 0 atom stereocenters. The number of fused-ring (bicyclic) bond motifs is 1. The van der Waals surface area contributed by atoms with Crippen LogP contribution in [0.3, 0.4) is 0 Å². The molecule has 4 N–H and O–H groups in total. The Balaban J connectivity index is 1.18. The fraction of sp³-hybridized carbons (Fsp3) is 0.214. The first-order valence-corrected chi connectivity index (χ1v) is 12.6. The molecule has 11 heteroatoms. The van der Waals surface area contributed by atoms with Crippen molar-refractivity contribution in [3.63, 3.8) is 0 Å². The summed E-state index contributed by atoms with van der Waals surface area (Å²) in [6, 6.07) is 18.9. The molecule has 1 aliphatic heterocycles. The molecule has 39 heavy (non-hydrogen) atoms. The van der Waals surface area contributed by atoms with Crippen LogP contribution in [0.25, 0.3) is 17.0 Å². The number of carbonyl (C=O) groups is 1. The standard InChI is InChI=1S/C28H27N9O2/c1-18-4-2-5-21(31-18)25-35-26(22-6-3-13-37(22)36-25)33-24-11-12-30-27(34-24)32-20-9-7-19(8-10-20)14-23(39)28(17-38)15-29-16-28/h2-13,29,38H,14-17H2,1H3,(H2,30,32,33,34,35,36). The molecule has 0 spiro atoms. The van der Waals surface area contributed by atoms with E-state index >= 15 is 0 Å². The van der Waals surface area contributed by atoms with Crippen LogP contribution in [0.4, 0.5) is 23.3 Å². The first kappa shape index (κ1) is 24.6. The summed E-state index contributed by atoms with van der Waals surface area (Å²) in [7, 11) is 0. The van der Waals surface area contributed by atoms with Gasteiger partial charge in [-0.3, -0.25) is 4.79 Å². The van der Waals surface area contributed by atoms with Gasteiger partial charge in [0.25, 0.3) is 0 Å². The third-order valence-corrected chi connectivity index (χ3v) is 6.81. The number of benzene rings is 1. The van der Waals surface area contributed by atoms with Gasteiger partial charge in [0.2, 0.25) is 11.8 Å². The predicted octanol–water partition coefficient (Wildman–Crippen LogP) is 3.07. The maximum absolute atomic E-state index is 12.6. The number of aromatic nitrogens is 6. The summed E-state index contributed by atoms with van der Waals surface area (Å²) in [6.07, 6.45) is 3.80. The number of aliphatic hydroxyl groups excluding tert-OH is 1. The van der Waals surface area contributed by atoms with Gasteiger partial charge in [0.05, 0.1) is 12.0 Å². The van der Waals surface area contributed by atoms with E-state index in [1.807, 2.05) is 67.7 Å². The van der Waals surface area contributed by atoms with Crippen LogP contribution in [0.15, 0.2) is 73.1 Å². The minimum absolute atomic E-state index is 0.0507. The second-order valence-corrected chi connectivity index (χ2v) is 9.64. The average molecular weight is 522 g/mol. The largest absolute Gasteiger partial charge is 0.395 e. The molecule has 1 fully saturated rings. The fourth-order valence-electron chi connectivity index (χ4n) is 4.44. The van der Waals surface area contributed by atoms with Gasteiger partial charge in [0.1, 0.15) is 22.8 Å². The lowest BCUT2D eigenvalue weighted by molar-refractivity contribution is -0.133. The highest BCUT2D eigenvalue weighted by molar-refractivity contribution is 5.88. The molecule has 6 rings (SSSR count). The fourth-order valence-corrected chi connectivity index (χ4v) is 4.44. The Bertz CT molecular complexity index is 1640. The van der Waals surface area contributed by atoms with Crippen molar-refractivity contribution < 1.29 is 9.90 Å². The Kier molecular flexibility index (Phi) is 6.43. The van der Waals surface area contributed by atoms with Crippen molar-refractivity contribution in [3.8, 4) is 11.5 Å². The number of pyridine rings is 1. The molecule has 4 aromatic heterocycles. The number of Topliss-reactive ketones (excluding diaryl/α,β-unsaturated/α-hetero) is 1. The van der Waals surface area contributed by atoms with Crippen LogP contribution < -0.4 is 16.0 Å². The summed E-state index contributed by atoms with van der Waals surface area (Å²) in [6.45, 7) is 2.85. The molecule has 0 aliphatic carbocycles. The first-order chi connectivity index (χ1) is 19.0. The number of nitrogens with one attached hydrogen (secondary N) is 3. The van der Waals surface area contributed by atoms with E-state index in [0.717, 1.165) is 22.5 Å². The van der Waals surface area contributed by atoms with Gasteiger partial charge in [-0.25, -0.2) is 19.5 Å². The van der Waals surface area contributed by atoms with E-state index in [0.29, 0.717) is 42.2 Å². The number of hydrogen-bond acceptors (Lipinski definition) is 10. The molecule has 1 aromatic carbocycles. The maximum atomic E-state index is 12.6. The van der Waals surface area contributed by atoms with Gasteiger partial charge in [-0.05, 0) is 55.0 Å². The van der Waals surface area contributed by atoms with Gasteiger partial charge in [-0.2, -0.15) is 4.98 Å². The molecule has 0 saturated carbocycles. The topological polar surface area (TPSA) is 142 Å². The zero-order valence-corrected chi connectivity index (χ0v) is 21.3. The molecule has 0 unspecified atom stereocenters. The quantitative estimate of drug-likeness (QED) is 0.229. The lowest BCUT2D eigenvalue weighted by atomic mass is 9.76. The summed E-state index contributed by atoms with van der Waals surface area (Å²) in [5.41, 5.74) is 3.39. The molecule has 5 aromatic rings. The minimum Gasteiger partial charge on any atom is -0.395 e. The van der Waals surface area contributed by atoms with Crippen LogP contribution in [0.1, 0.15) is 11.3 Å². The number of nitrogens with zero attached hydrogens (tertiary/aromatic N) is 6. The van der Waals surface area contributed by atoms with Crippen molar-refractivity contribution in [1.82, 2.24) is 34.9 Å². The van der Waals surface area contributed by atoms with E-state index in [1.165, 1.54) is 0 Å². The third-order valence-electron chi connectivity index (χ3n) is 6.81. The Morgan fingerprint density at radius 3 is 2.62 bits per heavy atom. The van der Waals surface area contributed by atoms with E-state index in [9.17, 15) is 9.90 Å². The van der Waals surface area contributed by atoms with E-state index in [2.05, 4.69) is 36.0 Å². The van der Waals surface area contributed by atoms with E-state index < -0.39 is 5.41 Å². The second kappa shape index (κ2) is 10.2. The van der Waals surface area contributed by atoms with Crippen LogP contribution in [0, 0.1) is 12.3 Å². The summed E-state index contributed by atoms with van der Waals surface area (Å²) in [5, 5.41) is 23.8. The number of aliphatic hydroxyl groups is 1. The Morgan fingerprint density at radius 2 is 1.87 bits per heavy atom. The summed E-state index contributed by atoms with van der Waals surface area (Å²) < 4.78 is 1.76. The SMILES string of the molecule is Cc1cccc(-c2nc(Nc3ccnc(Nc4ccc(CC(=O)C5(CO)CNC5)cc4)n3)c3cccn3n2)n1. The smallest absolute Gasteiger partial charge is 0.229 e. The van der Waals surface area contributed by atoms with Gasteiger partial charge in [0.15, 0.2) is 5.82 Å². The molecule has 1 saturated heterocycles. The van der Waals surface area contributed by atoms with Crippen molar-refractivity contribution in [3.05, 3.63) is 84.3 Å². The predicted molar refractivity (Wildman–Crippen MR) is 147 cm³/mol. The number of aryl methyl sites for hydroxylation is 1. The number of ketones is 1. The van der Waals surface area contributed by atoms with Gasteiger partial charge in [-0.15, -0.1) is 5.10 Å². The molecule has 0 bridgehead atoms. The molecule has 196 valence electrons. The molecule has 1 aliphatic rings. The van der Waals surface area contributed by atoms with Gasteiger partial charge < -0.3 is 21.1 Å². The van der Waals surface area contributed by atoms with Gasteiger partial charge in [-0.1, -0.05) is 18.2 Å². The lowest BCUT2D eigenvalue weighted by Gasteiger charge is -2.39. The number of hydrogen-bond donors (Lipinski definition) is 4. The zero-order valence-electron chi connectivity index (χ0n) is 21.3. The highest BCUT2D eigenvalue weighted by atomic mass is 16.3. The van der Waals surface area contributed by atoms with Crippen molar-refractivity contribution >= 4 is 34.6 Å². The average Bonchev–Trinajstić information content (AvgIpc) is 3.39. The molecule has 0 amide bonds. The molecule has 5 heterocycles. The Morgan fingerprint density at radius 1 is 1.03 bits per heavy atom. The number of rotatable bonds is 9. The zero-order chi connectivity index (χ0) is 26.8. The highest BCUT2D eigenvalue weighted by Gasteiger charge is 2.42. The normalized spacial score (nSPS) is 14.1. The minimum atomic E-state index is -0.647. The summed E-state index contributed by atoms with van der Waals surface area (Å²) >= 11 is 0. The number of anilines is 4. The van der Waals surface area contributed by atoms with E-state index in [4.69, 9.17) is 4.98 Å². The van der Waals surface area contributed by atoms with Crippen molar-refractivity contribution in [2.75, 3.05) is 30.3 Å². The van der Waals surface area contributed by atoms with Crippen molar-refractivity contribution in [1.29, 1.82) is 0 Å². The Hall–Kier alpha value is -4.74. The first-order valence-electron chi connectivity index (χ1n) is 12.6.